The SMILES string of the molecule is CCC(C)N(CCOC)c1cc(NN)cc([N+](=O)[O-])c1. The standard InChI is InChI=1S/C13H22N4O3/c1-4-10(2)16(5-6-20-3)12-7-11(15-14)8-13(9-12)17(18)19/h7-10,15H,4-6,14H2,1-3H3. The van der Waals surface area contributed by atoms with E-state index in [1.807, 2.05) is 0 Å². The van der Waals surface area contributed by atoms with Crippen LogP contribution in [0.4, 0.5) is 17.1 Å². The van der Waals surface area contributed by atoms with E-state index in [1.165, 1.54) is 6.07 Å². The number of anilines is 2. The smallest absolute Gasteiger partial charge is 0.273 e. The van der Waals surface area contributed by atoms with Gasteiger partial charge in [-0.25, -0.2) is 0 Å². The minimum absolute atomic E-state index is 0.0150. The van der Waals surface area contributed by atoms with Crippen molar-refractivity contribution in [1.82, 2.24) is 0 Å². The average molecular weight is 282 g/mol. The van der Waals surface area contributed by atoms with Gasteiger partial charge in [0.25, 0.3) is 5.69 Å². The van der Waals surface area contributed by atoms with Crippen LogP contribution in [0.15, 0.2) is 18.2 Å². The first-order chi connectivity index (χ1) is 9.53. The summed E-state index contributed by atoms with van der Waals surface area (Å²) in [6.45, 7) is 5.36. The summed E-state index contributed by atoms with van der Waals surface area (Å²) in [4.78, 5) is 12.7. The van der Waals surface area contributed by atoms with Crippen LogP contribution in [0.25, 0.3) is 0 Å². The van der Waals surface area contributed by atoms with Gasteiger partial charge in [-0.3, -0.25) is 16.0 Å². The molecule has 112 valence electrons. The molecule has 0 aliphatic carbocycles. The fourth-order valence-electron chi connectivity index (χ4n) is 1.96. The van der Waals surface area contributed by atoms with Crippen molar-refractivity contribution in [2.24, 2.45) is 5.84 Å². The summed E-state index contributed by atoms with van der Waals surface area (Å²) in [6.07, 6.45) is 0.928. The number of methoxy groups -OCH3 is 1. The predicted octanol–water partition coefficient (Wildman–Crippen LogP) is 2.13. The van der Waals surface area contributed by atoms with Crippen molar-refractivity contribution >= 4 is 17.1 Å². The summed E-state index contributed by atoms with van der Waals surface area (Å²) in [5.74, 6) is 5.38. The summed E-state index contributed by atoms with van der Waals surface area (Å²) in [5.41, 5.74) is 3.76. The minimum atomic E-state index is -0.421. The number of nitrogens with one attached hydrogen (secondary N) is 1. The van der Waals surface area contributed by atoms with Gasteiger partial charge in [-0.15, -0.1) is 0 Å². The Kier molecular flexibility index (Phi) is 6.20. The predicted molar refractivity (Wildman–Crippen MR) is 79.9 cm³/mol. The molecule has 1 atom stereocenters. The summed E-state index contributed by atoms with van der Waals surface area (Å²) >= 11 is 0. The van der Waals surface area contributed by atoms with E-state index in [4.69, 9.17) is 10.6 Å². The largest absolute Gasteiger partial charge is 0.383 e. The molecule has 1 rings (SSSR count). The average Bonchev–Trinajstić information content (AvgIpc) is 2.46. The van der Waals surface area contributed by atoms with Crippen LogP contribution in [0.5, 0.6) is 0 Å². The van der Waals surface area contributed by atoms with Gasteiger partial charge in [0.1, 0.15) is 0 Å². The lowest BCUT2D eigenvalue weighted by molar-refractivity contribution is -0.384. The molecule has 7 heteroatoms. The number of hydrogen-bond donors (Lipinski definition) is 2. The van der Waals surface area contributed by atoms with Gasteiger partial charge in [0.05, 0.1) is 17.2 Å². The van der Waals surface area contributed by atoms with Crippen LogP contribution in [0.3, 0.4) is 0 Å². The van der Waals surface area contributed by atoms with E-state index in [9.17, 15) is 10.1 Å². The molecule has 0 bridgehead atoms. The number of hydrazine groups is 1. The Morgan fingerprint density at radius 2 is 2.20 bits per heavy atom. The number of hydrogen-bond acceptors (Lipinski definition) is 6. The van der Waals surface area contributed by atoms with Crippen molar-refractivity contribution in [1.29, 1.82) is 0 Å². The number of benzene rings is 1. The normalized spacial score (nSPS) is 12.0. The number of non-ortho nitro benzene ring substituents is 1. The van der Waals surface area contributed by atoms with E-state index in [1.54, 1.807) is 19.2 Å². The molecule has 1 unspecified atom stereocenters. The fourth-order valence-corrected chi connectivity index (χ4v) is 1.96. The third kappa shape index (κ3) is 4.07. The molecule has 0 heterocycles. The van der Waals surface area contributed by atoms with Gasteiger partial charge < -0.3 is 15.1 Å². The topological polar surface area (TPSA) is 93.7 Å². The fraction of sp³-hybridized carbons (Fsp3) is 0.538. The van der Waals surface area contributed by atoms with Gasteiger partial charge in [0.2, 0.25) is 0 Å². The van der Waals surface area contributed by atoms with Crippen LogP contribution in [-0.4, -0.2) is 31.2 Å². The maximum atomic E-state index is 11.0. The van der Waals surface area contributed by atoms with Crippen molar-refractivity contribution in [3.8, 4) is 0 Å². The Labute approximate surface area is 118 Å². The second-order valence-electron chi connectivity index (χ2n) is 4.58. The quantitative estimate of drug-likeness (QED) is 0.431. The lowest BCUT2D eigenvalue weighted by Crippen LogP contribution is -2.35. The molecule has 0 saturated heterocycles. The van der Waals surface area contributed by atoms with Crippen molar-refractivity contribution in [2.45, 2.75) is 26.3 Å². The number of rotatable bonds is 8. The molecule has 0 aliphatic heterocycles. The van der Waals surface area contributed by atoms with E-state index in [2.05, 4.69) is 24.2 Å². The van der Waals surface area contributed by atoms with Gasteiger partial charge in [0, 0.05) is 37.5 Å². The molecular formula is C13H22N4O3. The third-order valence-corrected chi connectivity index (χ3v) is 3.27. The van der Waals surface area contributed by atoms with E-state index in [0.29, 0.717) is 18.8 Å². The van der Waals surface area contributed by atoms with Gasteiger partial charge in [0.15, 0.2) is 0 Å². The first-order valence-corrected chi connectivity index (χ1v) is 6.55. The molecule has 20 heavy (non-hydrogen) atoms. The van der Waals surface area contributed by atoms with E-state index < -0.39 is 4.92 Å². The molecule has 0 aromatic heterocycles. The summed E-state index contributed by atoms with van der Waals surface area (Å²) < 4.78 is 5.11. The zero-order chi connectivity index (χ0) is 15.1. The van der Waals surface area contributed by atoms with Gasteiger partial charge >= 0.3 is 0 Å². The molecular weight excluding hydrogens is 260 g/mol. The lowest BCUT2D eigenvalue weighted by Gasteiger charge is -2.30. The Bertz CT molecular complexity index is 453. The maximum Gasteiger partial charge on any atom is 0.273 e. The second kappa shape index (κ2) is 7.66. The van der Waals surface area contributed by atoms with Crippen LogP contribution < -0.4 is 16.2 Å². The summed E-state index contributed by atoms with van der Waals surface area (Å²) in [5, 5.41) is 11.0. The zero-order valence-corrected chi connectivity index (χ0v) is 12.1. The number of nitro benzene ring substituents is 1. The third-order valence-electron chi connectivity index (χ3n) is 3.27. The number of nitrogens with zero attached hydrogens (tertiary/aromatic N) is 2. The van der Waals surface area contributed by atoms with E-state index in [0.717, 1.165) is 12.1 Å². The van der Waals surface area contributed by atoms with Crippen molar-refractivity contribution < 1.29 is 9.66 Å². The molecule has 1 aromatic carbocycles. The Morgan fingerprint density at radius 3 is 2.70 bits per heavy atom. The molecule has 3 N–H and O–H groups in total. The highest BCUT2D eigenvalue weighted by molar-refractivity contribution is 5.64. The molecule has 1 aromatic rings. The first-order valence-electron chi connectivity index (χ1n) is 6.55. The number of ether oxygens (including phenoxy) is 1. The number of nitrogens with two attached hydrogens (primary N) is 1. The first kappa shape index (κ1) is 16.2. The number of nitro groups is 1. The summed E-state index contributed by atoms with van der Waals surface area (Å²) in [6, 6.07) is 5.02. The molecule has 0 radical (unpaired) electrons. The highest BCUT2D eigenvalue weighted by Crippen LogP contribution is 2.28. The highest BCUT2D eigenvalue weighted by atomic mass is 16.6. The van der Waals surface area contributed by atoms with Crippen molar-refractivity contribution in [3.05, 3.63) is 28.3 Å². The molecule has 0 aliphatic rings. The Morgan fingerprint density at radius 1 is 1.50 bits per heavy atom. The molecule has 7 nitrogen and oxygen atoms in total. The summed E-state index contributed by atoms with van der Waals surface area (Å²) in [7, 11) is 1.63. The number of nitrogen functional groups attached to an aromatic ring is 1. The molecule has 0 saturated carbocycles. The van der Waals surface area contributed by atoms with Crippen molar-refractivity contribution in [3.63, 3.8) is 0 Å². The van der Waals surface area contributed by atoms with Crippen LogP contribution in [0, 0.1) is 10.1 Å². The minimum Gasteiger partial charge on any atom is -0.383 e. The van der Waals surface area contributed by atoms with Gasteiger partial charge in [-0.05, 0) is 19.4 Å². The van der Waals surface area contributed by atoms with Gasteiger partial charge in [-0.2, -0.15) is 0 Å². The highest BCUT2D eigenvalue weighted by Gasteiger charge is 2.17. The molecule has 0 spiro atoms. The maximum absolute atomic E-state index is 11.0. The zero-order valence-electron chi connectivity index (χ0n) is 12.1. The Balaban J connectivity index is 3.16. The van der Waals surface area contributed by atoms with E-state index >= 15 is 0 Å². The van der Waals surface area contributed by atoms with Crippen LogP contribution >= 0.6 is 0 Å². The van der Waals surface area contributed by atoms with Crippen LogP contribution in [0.1, 0.15) is 20.3 Å². The molecule has 0 fully saturated rings. The molecule has 0 amide bonds. The monoisotopic (exact) mass is 282 g/mol. The van der Waals surface area contributed by atoms with Crippen LogP contribution in [-0.2, 0) is 4.74 Å². The van der Waals surface area contributed by atoms with E-state index in [-0.39, 0.29) is 11.7 Å². The second-order valence-corrected chi connectivity index (χ2v) is 4.58. The van der Waals surface area contributed by atoms with Crippen LogP contribution in [0.2, 0.25) is 0 Å². The van der Waals surface area contributed by atoms with Crippen molar-refractivity contribution in [2.75, 3.05) is 30.6 Å². The van der Waals surface area contributed by atoms with Gasteiger partial charge in [-0.1, -0.05) is 6.92 Å². The Hall–Kier alpha value is -1.86. The lowest BCUT2D eigenvalue weighted by atomic mass is 10.1.